The van der Waals surface area contributed by atoms with Crippen molar-refractivity contribution in [3.63, 3.8) is 0 Å². The van der Waals surface area contributed by atoms with Gasteiger partial charge >= 0.3 is 0 Å². The largest absolute Gasteiger partial charge is 0.507 e. The van der Waals surface area contributed by atoms with Crippen molar-refractivity contribution >= 4 is 17.4 Å². The van der Waals surface area contributed by atoms with Crippen molar-refractivity contribution in [3.8, 4) is 11.5 Å². The number of nitrogens with zero attached hydrogens (tertiary/aromatic N) is 2. The second-order valence-electron chi connectivity index (χ2n) is 8.70. The minimum absolute atomic E-state index is 0.0799. The highest BCUT2D eigenvalue weighted by atomic mass is 16.5. The van der Waals surface area contributed by atoms with E-state index >= 15 is 0 Å². The number of aliphatic hydroxyl groups excluding tert-OH is 1. The first-order valence-corrected chi connectivity index (χ1v) is 12.1. The molecule has 8 heteroatoms. The second kappa shape index (κ2) is 11.9. The van der Waals surface area contributed by atoms with Crippen LogP contribution in [0.4, 0.5) is 0 Å². The topological polar surface area (TPSA) is 88.5 Å². The predicted octanol–water partition coefficient (Wildman–Crippen LogP) is 3.40. The van der Waals surface area contributed by atoms with Crippen molar-refractivity contribution in [2.75, 3.05) is 53.1 Å². The lowest BCUT2D eigenvalue weighted by molar-refractivity contribution is -0.140. The zero-order valence-corrected chi connectivity index (χ0v) is 20.5. The highest BCUT2D eigenvalue weighted by Gasteiger charge is 2.45. The van der Waals surface area contributed by atoms with E-state index in [4.69, 9.17) is 14.2 Å². The van der Waals surface area contributed by atoms with Crippen LogP contribution in [0.3, 0.4) is 0 Å². The molecular formula is C28H32N2O6. The SMILES string of the molecule is C=CCOc1ccc(C(O)=C2C(=O)C(=O)N(CCCN3CCOCC3)C2c2ccc(OC)cc2)cc1. The lowest BCUT2D eigenvalue weighted by Crippen LogP contribution is -2.38. The molecule has 4 rings (SSSR count). The molecule has 0 saturated carbocycles. The maximum Gasteiger partial charge on any atom is 0.295 e. The summed E-state index contributed by atoms with van der Waals surface area (Å²) in [4.78, 5) is 30.2. The number of morpholine rings is 1. The van der Waals surface area contributed by atoms with E-state index in [0.29, 0.717) is 49.8 Å². The van der Waals surface area contributed by atoms with Gasteiger partial charge in [-0.3, -0.25) is 14.5 Å². The predicted molar refractivity (Wildman–Crippen MR) is 136 cm³/mol. The molecule has 36 heavy (non-hydrogen) atoms. The summed E-state index contributed by atoms with van der Waals surface area (Å²) in [5.74, 6) is -0.225. The van der Waals surface area contributed by atoms with E-state index < -0.39 is 17.7 Å². The van der Waals surface area contributed by atoms with E-state index in [1.165, 1.54) is 0 Å². The molecule has 1 N–H and O–H groups in total. The van der Waals surface area contributed by atoms with Gasteiger partial charge in [-0.2, -0.15) is 0 Å². The minimum atomic E-state index is -0.697. The highest BCUT2D eigenvalue weighted by Crippen LogP contribution is 2.40. The molecule has 190 valence electrons. The third-order valence-corrected chi connectivity index (χ3v) is 6.44. The monoisotopic (exact) mass is 492 g/mol. The van der Waals surface area contributed by atoms with Crippen molar-refractivity contribution < 1.29 is 28.9 Å². The Morgan fingerprint density at radius 2 is 1.72 bits per heavy atom. The van der Waals surface area contributed by atoms with Crippen molar-refractivity contribution in [1.82, 2.24) is 9.80 Å². The van der Waals surface area contributed by atoms with Gasteiger partial charge in [-0.05, 0) is 48.4 Å². The second-order valence-corrected chi connectivity index (χ2v) is 8.70. The Kier molecular flexibility index (Phi) is 8.40. The zero-order valence-electron chi connectivity index (χ0n) is 20.5. The standard InChI is InChI=1S/C28H32N2O6/c1-3-17-36-23-11-7-21(8-12-23)26(31)24-25(20-5-9-22(34-2)10-6-20)30(28(33)27(24)32)14-4-13-29-15-18-35-19-16-29/h3,5-12,25,31H,1,4,13-19H2,2H3. The fourth-order valence-corrected chi connectivity index (χ4v) is 4.55. The van der Waals surface area contributed by atoms with Gasteiger partial charge in [0, 0.05) is 31.7 Å². The number of Topliss-reactive ketones (excluding diaryl/α,β-unsaturated/α-hetero) is 1. The first-order chi connectivity index (χ1) is 17.5. The Bertz CT molecular complexity index is 1100. The van der Waals surface area contributed by atoms with Crippen LogP contribution in [0.1, 0.15) is 23.6 Å². The molecule has 2 saturated heterocycles. The third-order valence-electron chi connectivity index (χ3n) is 6.44. The van der Waals surface area contributed by atoms with Crippen LogP contribution in [-0.4, -0.2) is 79.7 Å². The molecule has 1 amide bonds. The average molecular weight is 493 g/mol. The number of hydrogen-bond donors (Lipinski definition) is 1. The highest BCUT2D eigenvalue weighted by molar-refractivity contribution is 6.46. The number of carbonyl (C=O) groups excluding carboxylic acids is 2. The van der Waals surface area contributed by atoms with Crippen molar-refractivity contribution in [2.24, 2.45) is 0 Å². The molecule has 2 aromatic carbocycles. The summed E-state index contributed by atoms with van der Waals surface area (Å²) >= 11 is 0. The number of amides is 1. The summed E-state index contributed by atoms with van der Waals surface area (Å²) in [6, 6.07) is 13.3. The van der Waals surface area contributed by atoms with Gasteiger partial charge in [0.15, 0.2) is 0 Å². The smallest absolute Gasteiger partial charge is 0.295 e. The first kappa shape index (κ1) is 25.5. The number of benzene rings is 2. The van der Waals surface area contributed by atoms with Crippen LogP contribution in [0.2, 0.25) is 0 Å². The minimum Gasteiger partial charge on any atom is -0.507 e. The Morgan fingerprint density at radius 3 is 2.36 bits per heavy atom. The summed E-state index contributed by atoms with van der Waals surface area (Å²) in [6.07, 6.45) is 2.35. The normalized spacial score (nSPS) is 19.9. The van der Waals surface area contributed by atoms with E-state index in [0.717, 1.165) is 25.2 Å². The molecule has 2 heterocycles. The number of rotatable bonds is 10. The fraction of sp³-hybridized carbons (Fsp3) is 0.357. The zero-order chi connectivity index (χ0) is 25.5. The summed E-state index contributed by atoms with van der Waals surface area (Å²) in [5.41, 5.74) is 1.25. The Balaban J connectivity index is 1.64. The van der Waals surface area contributed by atoms with Crippen LogP contribution >= 0.6 is 0 Å². The molecule has 1 atom stereocenters. The molecule has 8 nitrogen and oxygen atoms in total. The molecule has 0 spiro atoms. The maximum absolute atomic E-state index is 13.2. The van der Waals surface area contributed by atoms with Crippen molar-refractivity contribution in [2.45, 2.75) is 12.5 Å². The fourth-order valence-electron chi connectivity index (χ4n) is 4.55. The number of aliphatic hydroxyl groups is 1. The molecule has 2 fully saturated rings. The number of hydrogen-bond acceptors (Lipinski definition) is 7. The summed E-state index contributed by atoms with van der Waals surface area (Å²) in [7, 11) is 1.58. The molecule has 0 aliphatic carbocycles. The van der Waals surface area contributed by atoms with Crippen LogP contribution in [-0.2, 0) is 14.3 Å². The molecule has 2 aliphatic heterocycles. The number of likely N-dealkylation sites (tertiary alicyclic amines) is 1. The van der Waals surface area contributed by atoms with Crippen LogP contribution < -0.4 is 9.47 Å². The van der Waals surface area contributed by atoms with Gasteiger partial charge in [-0.1, -0.05) is 24.8 Å². The number of methoxy groups -OCH3 is 1. The number of ketones is 1. The van der Waals surface area contributed by atoms with Crippen LogP contribution in [0.25, 0.3) is 5.76 Å². The average Bonchev–Trinajstić information content (AvgIpc) is 3.17. The van der Waals surface area contributed by atoms with Gasteiger partial charge in [0.1, 0.15) is 23.9 Å². The van der Waals surface area contributed by atoms with Gasteiger partial charge < -0.3 is 24.2 Å². The van der Waals surface area contributed by atoms with Gasteiger partial charge in [-0.15, -0.1) is 0 Å². The number of carbonyl (C=O) groups is 2. The molecule has 0 bridgehead atoms. The lowest BCUT2D eigenvalue weighted by Gasteiger charge is -2.29. The Hall–Kier alpha value is -3.62. The van der Waals surface area contributed by atoms with E-state index in [1.807, 2.05) is 12.1 Å². The first-order valence-electron chi connectivity index (χ1n) is 12.1. The molecular weight excluding hydrogens is 460 g/mol. The molecule has 1 unspecified atom stereocenters. The van der Waals surface area contributed by atoms with Crippen LogP contribution in [0.15, 0.2) is 66.8 Å². The molecule has 2 aromatic rings. The molecule has 2 aliphatic rings. The summed E-state index contributed by atoms with van der Waals surface area (Å²) < 4.78 is 16.2. The van der Waals surface area contributed by atoms with E-state index in [2.05, 4.69) is 11.5 Å². The molecule has 0 aromatic heterocycles. The van der Waals surface area contributed by atoms with E-state index in [-0.39, 0.29) is 11.3 Å². The lowest BCUT2D eigenvalue weighted by atomic mass is 9.95. The van der Waals surface area contributed by atoms with Crippen LogP contribution in [0, 0.1) is 0 Å². The third kappa shape index (κ3) is 5.61. The summed E-state index contributed by atoms with van der Waals surface area (Å²) in [6.45, 7) is 8.29. The van der Waals surface area contributed by atoms with Gasteiger partial charge in [0.2, 0.25) is 0 Å². The van der Waals surface area contributed by atoms with Gasteiger partial charge in [0.05, 0.1) is 31.9 Å². The van der Waals surface area contributed by atoms with E-state index in [1.54, 1.807) is 54.5 Å². The Labute approximate surface area is 211 Å². The van der Waals surface area contributed by atoms with Gasteiger partial charge in [0.25, 0.3) is 11.7 Å². The number of ether oxygens (including phenoxy) is 3. The van der Waals surface area contributed by atoms with Gasteiger partial charge in [-0.25, -0.2) is 0 Å². The van der Waals surface area contributed by atoms with E-state index in [9.17, 15) is 14.7 Å². The van der Waals surface area contributed by atoms with Crippen molar-refractivity contribution in [1.29, 1.82) is 0 Å². The quantitative estimate of drug-likeness (QED) is 0.235. The maximum atomic E-state index is 13.2. The van der Waals surface area contributed by atoms with Crippen LogP contribution in [0.5, 0.6) is 11.5 Å². The Morgan fingerprint density at radius 1 is 1.06 bits per heavy atom. The van der Waals surface area contributed by atoms with Crippen molar-refractivity contribution in [3.05, 3.63) is 77.9 Å². The summed E-state index contributed by atoms with van der Waals surface area (Å²) in [5, 5.41) is 11.2. The molecule has 0 radical (unpaired) electrons.